The molecule has 0 atom stereocenters. The molecule has 0 spiro atoms. The third kappa shape index (κ3) is 1.72. The van der Waals surface area contributed by atoms with Gasteiger partial charge in [0.15, 0.2) is 0 Å². The fraction of sp³-hybridized carbons (Fsp3) is 0.364. The molecular weight excluding hydrogens is 162 g/mol. The van der Waals surface area contributed by atoms with Crippen LogP contribution in [0.5, 0.6) is 0 Å². The molecular formula is C11H13NO. The van der Waals surface area contributed by atoms with E-state index in [0.717, 1.165) is 17.3 Å². The summed E-state index contributed by atoms with van der Waals surface area (Å²) in [7, 11) is 0. The molecule has 1 aromatic heterocycles. The van der Waals surface area contributed by atoms with Crippen LogP contribution >= 0.6 is 0 Å². The van der Waals surface area contributed by atoms with Gasteiger partial charge in [-0.05, 0) is 30.5 Å². The first-order valence-electron chi connectivity index (χ1n) is 4.73. The van der Waals surface area contributed by atoms with Crippen molar-refractivity contribution in [1.29, 1.82) is 0 Å². The molecule has 68 valence electrons. The van der Waals surface area contributed by atoms with Gasteiger partial charge in [0.1, 0.15) is 11.8 Å². The summed E-state index contributed by atoms with van der Waals surface area (Å²) in [5.41, 5.74) is 2.32. The molecule has 0 unspecified atom stereocenters. The lowest BCUT2D eigenvalue weighted by molar-refractivity contribution is 0.428. The van der Waals surface area contributed by atoms with Gasteiger partial charge in [0.2, 0.25) is 0 Å². The highest BCUT2D eigenvalue weighted by Gasteiger charge is 1.98. The predicted molar refractivity (Wildman–Crippen MR) is 52.6 cm³/mol. The van der Waals surface area contributed by atoms with Crippen molar-refractivity contribution in [1.82, 2.24) is 5.16 Å². The maximum Gasteiger partial charge on any atom is 0.131 e. The summed E-state index contributed by atoms with van der Waals surface area (Å²) in [6, 6.07) is 6.32. The minimum Gasteiger partial charge on any atom is -0.364 e. The molecule has 0 radical (unpaired) electrons. The highest BCUT2D eigenvalue weighted by atomic mass is 16.5. The maximum atomic E-state index is 4.87. The molecule has 2 heteroatoms. The van der Waals surface area contributed by atoms with Crippen LogP contribution in [-0.2, 0) is 6.42 Å². The third-order valence-corrected chi connectivity index (χ3v) is 2.24. The summed E-state index contributed by atoms with van der Waals surface area (Å²) in [5, 5.41) is 5.00. The number of benzene rings is 1. The molecule has 0 aliphatic carbocycles. The molecule has 0 saturated carbocycles. The zero-order chi connectivity index (χ0) is 9.10. The number of unbranched alkanes of at least 4 members (excludes halogenated alkanes) is 1. The van der Waals surface area contributed by atoms with Gasteiger partial charge in [-0.15, -0.1) is 0 Å². The van der Waals surface area contributed by atoms with Crippen LogP contribution in [0, 0.1) is 0 Å². The minimum absolute atomic E-state index is 0.966. The van der Waals surface area contributed by atoms with Gasteiger partial charge in [-0.2, -0.15) is 0 Å². The molecule has 2 aromatic rings. The molecule has 0 aliphatic heterocycles. The quantitative estimate of drug-likeness (QED) is 0.716. The maximum absolute atomic E-state index is 4.87. The molecule has 0 amide bonds. The Morgan fingerprint density at radius 3 is 3.15 bits per heavy atom. The second-order valence-electron chi connectivity index (χ2n) is 3.31. The van der Waals surface area contributed by atoms with Crippen molar-refractivity contribution in [2.24, 2.45) is 0 Å². The van der Waals surface area contributed by atoms with Gasteiger partial charge in [-0.3, -0.25) is 0 Å². The second kappa shape index (κ2) is 3.60. The van der Waals surface area contributed by atoms with E-state index in [1.165, 1.54) is 18.4 Å². The Kier molecular flexibility index (Phi) is 2.30. The third-order valence-electron chi connectivity index (χ3n) is 2.24. The van der Waals surface area contributed by atoms with E-state index in [4.69, 9.17) is 4.52 Å². The van der Waals surface area contributed by atoms with Gasteiger partial charge in [-0.25, -0.2) is 0 Å². The summed E-state index contributed by atoms with van der Waals surface area (Å²) in [4.78, 5) is 0. The smallest absolute Gasteiger partial charge is 0.131 e. The summed E-state index contributed by atoms with van der Waals surface area (Å²) in [6.45, 7) is 2.20. The number of aryl methyl sites for hydroxylation is 1. The normalized spacial score (nSPS) is 10.8. The SMILES string of the molecule is CCCCc1ccc2conc2c1. The first-order chi connectivity index (χ1) is 6.40. The molecule has 0 bridgehead atoms. The van der Waals surface area contributed by atoms with Crippen LogP contribution in [0.1, 0.15) is 25.3 Å². The topological polar surface area (TPSA) is 26.0 Å². The lowest BCUT2D eigenvalue weighted by Gasteiger charge is -1.97. The zero-order valence-corrected chi connectivity index (χ0v) is 7.79. The fourth-order valence-electron chi connectivity index (χ4n) is 1.44. The average Bonchev–Trinajstić information content (AvgIpc) is 2.61. The van der Waals surface area contributed by atoms with Crippen LogP contribution in [0.25, 0.3) is 10.9 Å². The number of hydrogen-bond acceptors (Lipinski definition) is 2. The van der Waals surface area contributed by atoms with Crippen LogP contribution in [-0.4, -0.2) is 5.16 Å². The Bertz CT molecular complexity index is 392. The molecule has 1 aromatic carbocycles. The van der Waals surface area contributed by atoms with Crippen LogP contribution in [0.4, 0.5) is 0 Å². The van der Waals surface area contributed by atoms with Gasteiger partial charge in [-0.1, -0.05) is 24.6 Å². The number of hydrogen-bond donors (Lipinski definition) is 0. The predicted octanol–water partition coefficient (Wildman–Crippen LogP) is 3.17. The van der Waals surface area contributed by atoms with Crippen molar-refractivity contribution in [3.05, 3.63) is 30.0 Å². The molecule has 1 heterocycles. The van der Waals surface area contributed by atoms with Crippen LogP contribution in [0.2, 0.25) is 0 Å². The second-order valence-corrected chi connectivity index (χ2v) is 3.31. The van der Waals surface area contributed by atoms with Crippen LogP contribution < -0.4 is 0 Å². The summed E-state index contributed by atoms with van der Waals surface area (Å²) in [6.07, 6.45) is 5.29. The average molecular weight is 175 g/mol. The van der Waals surface area contributed by atoms with Gasteiger partial charge >= 0.3 is 0 Å². The van der Waals surface area contributed by atoms with Gasteiger partial charge in [0.25, 0.3) is 0 Å². The van der Waals surface area contributed by atoms with Crippen LogP contribution in [0.15, 0.2) is 29.0 Å². The summed E-state index contributed by atoms with van der Waals surface area (Å²) < 4.78 is 4.87. The van der Waals surface area contributed by atoms with Crippen molar-refractivity contribution < 1.29 is 4.52 Å². The van der Waals surface area contributed by atoms with E-state index in [1.807, 2.05) is 0 Å². The van der Waals surface area contributed by atoms with Gasteiger partial charge in [0.05, 0.1) is 0 Å². The Balaban J connectivity index is 2.26. The minimum atomic E-state index is 0.966. The van der Waals surface area contributed by atoms with E-state index in [9.17, 15) is 0 Å². The highest BCUT2D eigenvalue weighted by molar-refractivity contribution is 5.77. The largest absolute Gasteiger partial charge is 0.364 e. The fourth-order valence-corrected chi connectivity index (χ4v) is 1.44. The monoisotopic (exact) mass is 175 g/mol. The van der Waals surface area contributed by atoms with E-state index >= 15 is 0 Å². The van der Waals surface area contributed by atoms with Gasteiger partial charge in [0, 0.05) is 5.39 Å². The van der Waals surface area contributed by atoms with E-state index in [2.05, 4.69) is 30.3 Å². The summed E-state index contributed by atoms with van der Waals surface area (Å²) >= 11 is 0. The Morgan fingerprint density at radius 1 is 1.38 bits per heavy atom. The number of fused-ring (bicyclic) bond motifs is 1. The molecule has 2 nitrogen and oxygen atoms in total. The zero-order valence-electron chi connectivity index (χ0n) is 7.79. The number of rotatable bonds is 3. The van der Waals surface area contributed by atoms with Crippen molar-refractivity contribution in [2.75, 3.05) is 0 Å². The molecule has 0 N–H and O–H groups in total. The number of nitrogens with zero attached hydrogens (tertiary/aromatic N) is 1. The molecule has 0 fully saturated rings. The first kappa shape index (κ1) is 8.30. The molecule has 0 saturated heterocycles. The van der Waals surface area contributed by atoms with Crippen molar-refractivity contribution in [2.45, 2.75) is 26.2 Å². The lowest BCUT2D eigenvalue weighted by Crippen LogP contribution is -1.83. The van der Waals surface area contributed by atoms with E-state index in [0.29, 0.717) is 0 Å². The van der Waals surface area contributed by atoms with E-state index in [-0.39, 0.29) is 0 Å². The van der Waals surface area contributed by atoms with Crippen molar-refractivity contribution in [3.63, 3.8) is 0 Å². The van der Waals surface area contributed by atoms with Crippen molar-refractivity contribution >= 4 is 10.9 Å². The lowest BCUT2D eigenvalue weighted by atomic mass is 10.1. The van der Waals surface area contributed by atoms with Gasteiger partial charge < -0.3 is 4.52 Å². The van der Waals surface area contributed by atoms with Crippen molar-refractivity contribution in [3.8, 4) is 0 Å². The van der Waals surface area contributed by atoms with Crippen LogP contribution in [0.3, 0.4) is 0 Å². The standard InChI is InChI=1S/C11H13NO/c1-2-3-4-9-5-6-10-8-13-12-11(10)7-9/h5-8H,2-4H2,1H3. The number of aromatic nitrogens is 1. The molecule has 2 rings (SSSR count). The Morgan fingerprint density at radius 2 is 2.31 bits per heavy atom. The van der Waals surface area contributed by atoms with E-state index < -0.39 is 0 Å². The molecule has 13 heavy (non-hydrogen) atoms. The highest BCUT2D eigenvalue weighted by Crippen LogP contribution is 2.15. The van der Waals surface area contributed by atoms with E-state index in [1.54, 1.807) is 6.26 Å². The Labute approximate surface area is 77.5 Å². The Hall–Kier alpha value is -1.31. The summed E-state index contributed by atoms with van der Waals surface area (Å²) in [5.74, 6) is 0. The first-order valence-corrected chi connectivity index (χ1v) is 4.73. The molecule has 0 aliphatic rings.